The van der Waals surface area contributed by atoms with Crippen molar-refractivity contribution in [3.05, 3.63) is 65.4 Å². The molecule has 1 aromatic carbocycles. The molecule has 150 valence electrons. The van der Waals surface area contributed by atoms with Gasteiger partial charge in [0.2, 0.25) is 0 Å². The maximum Gasteiger partial charge on any atom is 0.291 e. The van der Waals surface area contributed by atoms with Gasteiger partial charge in [-0.3, -0.25) is 9.59 Å². The maximum atomic E-state index is 12.6. The van der Waals surface area contributed by atoms with Crippen molar-refractivity contribution in [1.29, 1.82) is 0 Å². The van der Waals surface area contributed by atoms with Gasteiger partial charge < -0.3 is 15.1 Å². The van der Waals surface area contributed by atoms with Crippen LogP contribution < -0.4 is 10.6 Å². The van der Waals surface area contributed by atoms with Crippen molar-refractivity contribution in [1.82, 2.24) is 20.2 Å². The first-order chi connectivity index (χ1) is 14.7. The van der Waals surface area contributed by atoms with Gasteiger partial charge in [-0.15, -0.1) is 16.4 Å². The zero-order chi connectivity index (χ0) is 20.5. The first kappa shape index (κ1) is 18.3. The fourth-order valence-electron chi connectivity index (χ4n) is 2.99. The highest BCUT2D eigenvalue weighted by molar-refractivity contribution is 7.18. The molecule has 0 spiro atoms. The molecule has 0 atom stereocenters. The summed E-state index contributed by atoms with van der Waals surface area (Å²) in [6.45, 7) is 0. The van der Waals surface area contributed by atoms with Crippen molar-refractivity contribution in [2.75, 3.05) is 10.6 Å². The van der Waals surface area contributed by atoms with Crippen LogP contribution in [-0.4, -0.2) is 32.0 Å². The smallest absolute Gasteiger partial charge is 0.291 e. The Labute approximate surface area is 174 Å². The maximum absolute atomic E-state index is 12.6. The topological polar surface area (TPSA) is 115 Å². The van der Waals surface area contributed by atoms with Crippen molar-refractivity contribution in [3.63, 3.8) is 0 Å². The molecule has 0 saturated heterocycles. The van der Waals surface area contributed by atoms with Gasteiger partial charge >= 0.3 is 0 Å². The van der Waals surface area contributed by atoms with Crippen LogP contribution in [0.1, 0.15) is 39.1 Å². The SMILES string of the molecule is O=C(Nc1ccc(C(=O)Nc2cccc(-c3nnnn3C3CC3)c2)s1)c1ccco1. The molecule has 1 saturated carbocycles. The Kier molecular flexibility index (Phi) is 4.60. The molecular formula is C20H16N6O3S. The van der Waals surface area contributed by atoms with E-state index < -0.39 is 0 Å². The van der Waals surface area contributed by atoms with Gasteiger partial charge in [0.05, 0.1) is 22.2 Å². The summed E-state index contributed by atoms with van der Waals surface area (Å²) in [5.74, 6) is 0.264. The Balaban J connectivity index is 1.28. The fourth-order valence-corrected chi connectivity index (χ4v) is 3.78. The average molecular weight is 420 g/mol. The number of carbonyl (C=O) groups is 2. The van der Waals surface area contributed by atoms with Crippen molar-refractivity contribution in [3.8, 4) is 11.4 Å². The molecule has 3 aromatic heterocycles. The highest BCUT2D eigenvalue weighted by atomic mass is 32.1. The van der Waals surface area contributed by atoms with E-state index in [-0.39, 0.29) is 17.6 Å². The molecule has 3 heterocycles. The molecule has 5 rings (SSSR count). The Morgan fingerprint density at radius 2 is 1.97 bits per heavy atom. The predicted octanol–water partition coefficient (Wildman–Crippen LogP) is 3.83. The molecule has 2 amide bonds. The minimum Gasteiger partial charge on any atom is -0.459 e. The van der Waals surface area contributed by atoms with Crippen molar-refractivity contribution in [2.45, 2.75) is 18.9 Å². The van der Waals surface area contributed by atoms with E-state index in [0.29, 0.717) is 27.4 Å². The summed E-state index contributed by atoms with van der Waals surface area (Å²) in [7, 11) is 0. The van der Waals surface area contributed by atoms with E-state index in [0.717, 1.165) is 18.4 Å². The molecular weight excluding hydrogens is 404 g/mol. The summed E-state index contributed by atoms with van der Waals surface area (Å²) in [4.78, 5) is 25.2. The molecule has 0 aliphatic heterocycles. The zero-order valence-electron chi connectivity index (χ0n) is 15.6. The number of furan rings is 1. The van der Waals surface area contributed by atoms with E-state index in [2.05, 4.69) is 26.2 Å². The molecule has 2 N–H and O–H groups in total. The van der Waals surface area contributed by atoms with Gasteiger partial charge in [-0.2, -0.15) is 0 Å². The van der Waals surface area contributed by atoms with Crippen molar-refractivity contribution < 1.29 is 14.0 Å². The number of carbonyl (C=O) groups excluding carboxylic acids is 2. The lowest BCUT2D eigenvalue weighted by molar-refractivity contribution is 0.0995. The number of aromatic nitrogens is 4. The first-order valence-corrected chi connectivity index (χ1v) is 10.1. The third-order valence-corrected chi connectivity index (χ3v) is 5.58. The lowest BCUT2D eigenvalue weighted by Gasteiger charge is -2.07. The Morgan fingerprint density at radius 1 is 1.07 bits per heavy atom. The highest BCUT2D eigenvalue weighted by Crippen LogP contribution is 2.36. The summed E-state index contributed by atoms with van der Waals surface area (Å²) >= 11 is 1.18. The van der Waals surface area contributed by atoms with Crippen LogP contribution in [0.3, 0.4) is 0 Å². The number of tetrazole rings is 1. The average Bonchev–Trinajstić information content (AvgIpc) is 3.19. The molecule has 0 bridgehead atoms. The number of thiophene rings is 1. The van der Waals surface area contributed by atoms with E-state index >= 15 is 0 Å². The van der Waals surface area contributed by atoms with Crippen LogP contribution in [0.5, 0.6) is 0 Å². The van der Waals surface area contributed by atoms with Gasteiger partial charge in [-0.05, 0) is 59.7 Å². The summed E-state index contributed by atoms with van der Waals surface area (Å²) in [6.07, 6.45) is 3.58. The summed E-state index contributed by atoms with van der Waals surface area (Å²) in [5, 5.41) is 18.1. The van der Waals surface area contributed by atoms with E-state index in [1.54, 1.807) is 30.3 Å². The van der Waals surface area contributed by atoms with Crippen LogP contribution in [0.4, 0.5) is 10.7 Å². The van der Waals surface area contributed by atoms with E-state index in [4.69, 9.17) is 4.42 Å². The van der Waals surface area contributed by atoms with Gasteiger partial charge in [-0.25, -0.2) is 4.68 Å². The number of anilines is 2. The number of hydrogen-bond donors (Lipinski definition) is 2. The molecule has 0 radical (unpaired) electrons. The highest BCUT2D eigenvalue weighted by Gasteiger charge is 2.28. The Bertz CT molecular complexity index is 1210. The molecule has 0 unspecified atom stereocenters. The van der Waals surface area contributed by atoms with E-state index in [1.165, 1.54) is 17.6 Å². The molecule has 10 heteroatoms. The van der Waals surface area contributed by atoms with Gasteiger partial charge in [-0.1, -0.05) is 12.1 Å². The van der Waals surface area contributed by atoms with Gasteiger partial charge in [0, 0.05) is 11.3 Å². The lowest BCUT2D eigenvalue weighted by atomic mass is 10.2. The third-order valence-electron chi connectivity index (χ3n) is 4.58. The number of hydrogen-bond acceptors (Lipinski definition) is 7. The van der Waals surface area contributed by atoms with Crippen molar-refractivity contribution >= 4 is 33.8 Å². The van der Waals surface area contributed by atoms with E-state index in [1.807, 2.05) is 22.9 Å². The quantitative estimate of drug-likeness (QED) is 0.490. The largest absolute Gasteiger partial charge is 0.459 e. The number of nitrogens with zero attached hydrogens (tertiary/aromatic N) is 4. The summed E-state index contributed by atoms with van der Waals surface area (Å²) in [5.41, 5.74) is 1.47. The van der Waals surface area contributed by atoms with Crippen LogP contribution >= 0.6 is 11.3 Å². The Morgan fingerprint density at radius 3 is 2.77 bits per heavy atom. The molecule has 9 nitrogen and oxygen atoms in total. The normalized spacial score (nSPS) is 13.2. The van der Waals surface area contributed by atoms with Gasteiger partial charge in [0.15, 0.2) is 11.6 Å². The van der Waals surface area contributed by atoms with Crippen LogP contribution in [-0.2, 0) is 0 Å². The zero-order valence-corrected chi connectivity index (χ0v) is 16.4. The minimum atomic E-state index is -0.366. The van der Waals surface area contributed by atoms with Crippen LogP contribution in [0.15, 0.2) is 59.2 Å². The molecule has 30 heavy (non-hydrogen) atoms. The predicted molar refractivity (Wildman–Crippen MR) is 110 cm³/mol. The van der Waals surface area contributed by atoms with Crippen LogP contribution in [0.2, 0.25) is 0 Å². The fraction of sp³-hybridized carbons (Fsp3) is 0.150. The third kappa shape index (κ3) is 3.72. The first-order valence-electron chi connectivity index (χ1n) is 9.32. The monoisotopic (exact) mass is 420 g/mol. The molecule has 1 fully saturated rings. The summed E-state index contributed by atoms with van der Waals surface area (Å²) in [6, 6.07) is 14.3. The Hall–Kier alpha value is -3.79. The van der Waals surface area contributed by atoms with Crippen LogP contribution in [0, 0.1) is 0 Å². The molecule has 1 aliphatic carbocycles. The van der Waals surface area contributed by atoms with Crippen LogP contribution in [0.25, 0.3) is 11.4 Å². The second-order valence-electron chi connectivity index (χ2n) is 6.81. The second kappa shape index (κ2) is 7.56. The number of amides is 2. The van der Waals surface area contributed by atoms with Gasteiger partial charge in [0.1, 0.15) is 0 Å². The molecule has 1 aliphatic rings. The second-order valence-corrected chi connectivity index (χ2v) is 7.89. The number of nitrogens with one attached hydrogen (secondary N) is 2. The van der Waals surface area contributed by atoms with Crippen molar-refractivity contribution in [2.24, 2.45) is 0 Å². The number of benzene rings is 1. The number of rotatable bonds is 6. The summed E-state index contributed by atoms with van der Waals surface area (Å²) < 4.78 is 6.89. The molecule has 4 aromatic rings. The van der Waals surface area contributed by atoms with E-state index in [9.17, 15) is 9.59 Å². The lowest BCUT2D eigenvalue weighted by Crippen LogP contribution is -2.11. The minimum absolute atomic E-state index is 0.208. The van der Waals surface area contributed by atoms with Gasteiger partial charge in [0.25, 0.3) is 11.8 Å². The standard InChI is InChI=1S/C20H16N6O3S/c27-19(15-5-2-10-29-15)22-17-9-8-16(30-17)20(28)21-13-4-1-3-12(11-13)18-23-24-25-26(18)14-6-7-14/h1-5,8-11,14H,6-7H2,(H,21,28)(H,22,27).